The fraction of sp³-hybridized carbons (Fsp3) is 0.0417. The van der Waals surface area contributed by atoms with E-state index in [2.05, 4.69) is 10.2 Å². The fourth-order valence-electron chi connectivity index (χ4n) is 3.33. The zero-order valence-corrected chi connectivity index (χ0v) is 20.6. The number of ether oxygens (including phenoxy) is 1. The molecule has 0 atom stereocenters. The van der Waals surface area contributed by atoms with Crippen LogP contribution in [-0.2, 0) is 0 Å². The highest BCUT2D eigenvalue weighted by Gasteiger charge is 2.27. The number of thioether (sulfide) groups is 1. The van der Waals surface area contributed by atoms with Gasteiger partial charge in [0.05, 0.1) is 17.2 Å². The van der Waals surface area contributed by atoms with E-state index in [0.29, 0.717) is 32.2 Å². The Bertz CT molecular complexity index is 1450. The van der Waals surface area contributed by atoms with Crippen molar-refractivity contribution in [1.29, 1.82) is 0 Å². The first-order valence-corrected chi connectivity index (χ1v) is 11.9. The molecule has 4 aromatic rings. The summed E-state index contributed by atoms with van der Waals surface area (Å²) in [5.41, 5.74) is 2.54. The molecule has 1 aliphatic heterocycles. The molecule has 0 unspecified atom stereocenters. The Morgan fingerprint density at radius 3 is 2.38 bits per heavy atom. The molecule has 170 valence electrons. The van der Waals surface area contributed by atoms with Crippen molar-refractivity contribution < 1.29 is 9.13 Å². The zero-order chi connectivity index (χ0) is 23.8. The quantitative estimate of drug-likeness (QED) is 0.257. The molecule has 10 heteroatoms. The lowest BCUT2D eigenvalue weighted by Gasteiger charge is -2.18. The molecule has 34 heavy (non-hydrogen) atoms. The van der Waals surface area contributed by atoms with E-state index in [1.54, 1.807) is 23.9 Å². The summed E-state index contributed by atoms with van der Waals surface area (Å²) in [5, 5.41) is 14.8. The molecule has 1 aromatic heterocycles. The predicted octanol–water partition coefficient (Wildman–Crippen LogP) is 7.45. The second-order valence-electron chi connectivity index (χ2n) is 7.20. The van der Waals surface area contributed by atoms with Crippen LogP contribution in [0.1, 0.15) is 11.1 Å². The Labute approximate surface area is 213 Å². The molecule has 5 nitrogen and oxygen atoms in total. The van der Waals surface area contributed by atoms with E-state index in [0.717, 1.165) is 16.9 Å². The number of aromatic nitrogens is 3. The summed E-state index contributed by atoms with van der Waals surface area (Å²) >= 11 is 19.8. The lowest BCUT2D eigenvalue weighted by molar-refractivity contribution is 0.415. The standard InChI is InChI=1S/C24H14Cl3FN4OS/c1-33-16-8-4-14(5-9-16)23-29-30-24-32(23)31-22(17-11-20(28)19(27)12-18(17)26)21(34-24)10-13-2-6-15(25)7-3-13/h2-12H,1H3/b21-10-. The van der Waals surface area contributed by atoms with Crippen LogP contribution in [0.4, 0.5) is 4.39 Å². The zero-order valence-electron chi connectivity index (χ0n) is 17.5. The molecule has 2 heterocycles. The molecule has 0 amide bonds. The van der Waals surface area contributed by atoms with Crippen molar-refractivity contribution in [2.75, 3.05) is 7.11 Å². The summed E-state index contributed by atoms with van der Waals surface area (Å²) in [7, 11) is 1.60. The van der Waals surface area contributed by atoms with E-state index >= 15 is 0 Å². The Hall–Kier alpha value is -2.84. The summed E-state index contributed by atoms with van der Waals surface area (Å²) < 4.78 is 21.3. The van der Waals surface area contributed by atoms with Crippen LogP contribution in [0.5, 0.6) is 5.75 Å². The second kappa shape index (κ2) is 9.43. The van der Waals surface area contributed by atoms with Crippen molar-refractivity contribution in [3.05, 3.63) is 97.6 Å². The summed E-state index contributed by atoms with van der Waals surface area (Å²) in [6.45, 7) is 0. The minimum Gasteiger partial charge on any atom is -0.497 e. The summed E-state index contributed by atoms with van der Waals surface area (Å²) in [6, 6.07) is 17.4. The minimum absolute atomic E-state index is 0.0649. The maximum atomic E-state index is 14.4. The van der Waals surface area contributed by atoms with Crippen LogP contribution < -0.4 is 4.74 Å². The van der Waals surface area contributed by atoms with Gasteiger partial charge in [-0.15, -0.1) is 10.2 Å². The van der Waals surface area contributed by atoms with Gasteiger partial charge in [-0.05, 0) is 71.9 Å². The Morgan fingerprint density at radius 1 is 0.941 bits per heavy atom. The number of benzene rings is 3. The third-order valence-electron chi connectivity index (χ3n) is 5.03. The highest BCUT2D eigenvalue weighted by Crippen LogP contribution is 2.39. The van der Waals surface area contributed by atoms with Crippen LogP contribution in [0.3, 0.4) is 0 Å². The Balaban J connectivity index is 1.68. The van der Waals surface area contributed by atoms with Gasteiger partial charge in [-0.1, -0.05) is 46.9 Å². The van der Waals surface area contributed by atoms with E-state index < -0.39 is 5.82 Å². The van der Waals surface area contributed by atoms with Crippen LogP contribution in [0.25, 0.3) is 17.5 Å². The maximum absolute atomic E-state index is 14.4. The molecule has 5 rings (SSSR count). The normalized spacial score (nSPS) is 14.1. The minimum atomic E-state index is -0.593. The first kappa shape index (κ1) is 22.9. The van der Waals surface area contributed by atoms with Crippen molar-refractivity contribution in [2.45, 2.75) is 5.16 Å². The number of methoxy groups -OCH3 is 1. The van der Waals surface area contributed by atoms with Crippen molar-refractivity contribution in [2.24, 2.45) is 5.10 Å². The number of allylic oxidation sites excluding steroid dienone is 1. The van der Waals surface area contributed by atoms with Crippen molar-refractivity contribution in [3.63, 3.8) is 0 Å². The molecule has 0 aliphatic carbocycles. The van der Waals surface area contributed by atoms with Gasteiger partial charge in [0, 0.05) is 21.1 Å². The van der Waals surface area contributed by atoms with Gasteiger partial charge in [-0.3, -0.25) is 0 Å². The highest BCUT2D eigenvalue weighted by atomic mass is 35.5. The molecule has 0 saturated heterocycles. The number of nitrogens with zero attached hydrogens (tertiary/aromatic N) is 4. The Kier molecular flexibility index (Phi) is 6.36. The summed E-state index contributed by atoms with van der Waals surface area (Å²) in [4.78, 5) is 0.715. The molecule has 0 radical (unpaired) electrons. The number of fused-ring (bicyclic) bond motifs is 1. The van der Waals surface area contributed by atoms with Crippen LogP contribution in [0.2, 0.25) is 15.1 Å². The molecular weight excluding hydrogens is 518 g/mol. The molecule has 0 N–H and O–H groups in total. The first-order valence-electron chi connectivity index (χ1n) is 9.92. The molecule has 3 aromatic carbocycles. The van der Waals surface area contributed by atoms with Gasteiger partial charge in [0.15, 0.2) is 5.82 Å². The van der Waals surface area contributed by atoms with E-state index in [-0.39, 0.29) is 10.0 Å². The lowest BCUT2D eigenvalue weighted by Crippen LogP contribution is -2.13. The van der Waals surface area contributed by atoms with Gasteiger partial charge < -0.3 is 4.74 Å². The second-order valence-corrected chi connectivity index (χ2v) is 9.46. The molecule has 0 saturated carbocycles. The van der Waals surface area contributed by atoms with Gasteiger partial charge in [0.25, 0.3) is 0 Å². The van der Waals surface area contributed by atoms with Crippen LogP contribution in [-0.4, -0.2) is 27.7 Å². The van der Waals surface area contributed by atoms with Gasteiger partial charge >= 0.3 is 0 Å². The van der Waals surface area contributed by atoms with Crippen LogP contribution >= 0.6 is 46.6 Å². The average Bonchev–Trinajstić information content (AvgIpc) is 3.25. The molecule has 0 spiro atoms. The third-order valence-corrected chi connectivity index (χ3v) is 6.85. The topological polar surface area (TPSA) is 52.3 Å². The van der Waals surface area contributed by atoms with Crippen molar-refractivity contribution >= 4 is 58.4 Å². The SMILES string of the molecule is COc1ccc(-c2nnc3n2N=C(c2cc(F)c(Cl)cc2Cl)/C(=C/c2ccc(Cl)cc2)S3)cc1. The van der Waals surface area contributed by atoms with Crippen molar-refractivity contribution in [1.82, 2.24) is 14.9 Å². The van der Waals surface area contributed by atoms with Gasteiger partial charge in [-0.25, -0.2) is 4.39 Å². The monoisotopic (exact) mass is 530 g/mol. The van der Waals surface area contributed by atoms with Crippen molar-refractivity contribution in [3.8, 4) is 17.1 Å². The van der Waals surface area contributed by atoms with Gasteiger partial charge in [0.2, 0.25) is 5.16 Å². The molecule has 1 aliphatic rings. The number of halogens is 4. The molecule has 0 bridgehead atoms. The fourth-order valence-corrected chi connectivity index (χ4v) is 4.87. The average molecular weight is 532 g/mol. The third kappa shape index (κ3) is 4.44. The predicted molar refractivity (Wildman–Crippen MR) is 136 cm³/mol. The van der Waals surface area contributed by atoms with Gasteiger partial charge in [0.1, 0.15) is 17.3 Å². The smallest absolute Gasteiger partial charge is 0.217 e. The summed E-state index contributed by atoms with van der Waals surface area (Å²) in [5.74, 6) is 0.653. The van der Waals surface area contributed by atoms with E-state index in [1.165, 1.54) is 23.9 Å². The van der Waals surface area contributed by atoms with Crippen LogP contribution in [0, 0.1) is 5.82 Å². The Morgan fingerprint density at radius 2 is 1.68 bits per heavy atom. The maximum Gasteiger partial charge on any atom is 0.217 e. The number of rotatable bonds is 4. The largest absolute Gasteiger partial charge is 0.497 e. The van der Waals surface area contributed by atoms with Gasteiger partial charge in [-0.2, -0.15) is 9.78 Å². The number of hydrogen-bond acceptors (Lipinski definition) is 5. The first-order chi connectivity index (χ1) is 16.4. The van der Waals surface area contributed by atoms with E-state index in [9.17, 15) is 4.39 Å². The summed E-state index contributed by atoms with van der Waals surface area (Å²) in [6.07, 6.45) is 1.91. The lowest BCUT2D eigenvalue weighted by atomic mass is 10.1. The molecule has 0 fully saturated rings. The highest BCUT2D eigenvalue weighted by molar-refractivity contribution is 8.04. The number of hydrogen-bond donors (Lipinski definition) is 0. The van der Waals surface area contributed by atoms with E-state index in [4.69, 9.17) is 44.6 Å². The van der Waals surface area contributed by atoms with E-state index in [1.807, 2.05) is 42.5 Å². The molecular formula is C24H14Cl3FN4OS. The van der Waals surface area contributed by atoms with Crippen LogP contribution in [0.15, 0.2) is 75.8 Å².